The summed E-state index contributed by atoms with van der Waals surface area (Å²) in [5, 5.41) is 21.5. The Balaban J connectivity index is 1.98. The number of hydrogen-bond donors (Lipinski definition) is 3. The number of benzene rings is 2. The Bertz CT molecular complexity index is 663. The van der Waals surface area contributed by atoms with Crippen molar-refractivity contribution >= 4 is 11.5 Å². The lowest BCUT2D eigenvalue weighted by Crippen LogP contribution is -2.38. The normalized spacial score (nSPS) is 12.7. The predicted molar refractivity (Wildman–Crippen MR) is 90.9 cm³/mol. The van der Waals surface area contributed by atoms with Gasteiger partial charge in [0.1, 0.15) is 5.75 Å². The van der Waals surface area contributed by atoms with E-state index in [0.29, 0.717) is 6.42 Å². The molecule has 2 aromatic rings. The number of allylic oxidation sites excluding steroid dienone is 1. The molecule has 0 radical (unpaired) electrons. The molecule has 1 atom stereocenters. The standard InChI is InChI=1S/C19H21NO3/c1-14(16-5-3-2-4-6-16)11-19(23)20-17(13-21)12-15-7-9-18(22)10-8-15/h2-11,17,21-22H,12-13H2,1H3,(H,20,23)/b14-11-/t17-/m0/s1. The molecule has 0 saturated carbocycles. The first kappa shape index (κ1) is 16.8. The predicted octanol–water partition coefficient (Wildman–Crippen LogP) is 2.52. The summed E-state index contributed by atoms with van der Waals surface area (Å²) in [6, 6.07) is 16.0. The van der Waals surface area contributed by atoms with Gasteiger partial charge in [-0.2, -0.15) is 0 Å². The molecule has 0 saturated heterocycles. The number of aliphatic hydroxyl groups is 1. The zero-order valence-corrected chi connectivity index (χ0v) is 13.1. The third-order valence-electron chi connectivity index (χ3n) is 3.56. The number of carbonyl (C=O) groups excluding carboxylic acids is 1. The van der Waals surface area contributed by atoms with E-state index in [4.69, 9.17) is 0 Å². The van der Waals surface area contributed by atoms with E-state index >= 15 is 0 Å². The van der Waals surface area contributed by atoms with Crippen molar-refractivity contribution < 1.29 is 15.0 Å². The van der Waals surface area contributed by atoms with Gasteiger partial charge in [0.05, 0.1) is 12.6 Å². The summed E-state index contributed by atoms with van der Waals surface area (Å²) in [6.45, 7) is 1.73. The number of aliphatic hydroxyl groups excluding tert-OH is 1. The number of aromatic hydroxyl groups is 1. The highest BCUT2D eigenvalue weighted by molar-refractivity contribution is 5.95. The van der Waals surface area contributed by atoms with Gasteiger partial charge in [0.2, 0.25) is 5.91 Å². The van der Waals surface area contributed by atoms with Crippen LogP contribution in [0.4, 0.5) is 0 Å². The Morgan fingerprint density at radius 1 is 1.13 bits per heavy atom. The molecule has 0 aromatic heterocycles. The quantitative estimate of drug-likeness (QED) is 0.718. The monoisotopic (exact) mass is 311 g/mol. The lowest BCUT2D eigenvalue weighted by Gasteiger charge is -2.15. The Morgan fingerprint density at radius 3 is 2.39 bits per heavy atom. The number of hydrogen-bond acceptors (Lipinski definition) is 3. The molecule has 0 aliphatic rings. The Labute approximate surface area is 136 Å². The summed E-state index contributed by atoms with van der Waals surface area (Å²) in [4.78, 5) is 12.1. The number of amides is 1. The molecule has 1 amide bonds. The first-order valence-corrected chi connectivity index (χ1v) is 7.51. The van der Waals surface area contributed by atoms with Crippen LogP contribution in [0.15, 0.2) is 60.7 Å². The fourth-order valence-electron chi connectivity index (χ4n) is 2.30. The maximum atomic E-state index is 12.1. The van der Waals surface area contributed by atoms with Gasteiger partial charge < -0.3 is 15.5 Å². The summed E-state index contributed by atoms with van der Waals surface area (Å²) in [6.07, 6.45) is 2.04. The van der Waals surface area contributed by atoms with Gasteiger partial charge in [0.25, 0.3) is 0 Å². The SMILES string of the molecule is C/C(=C/C(=O)N[C@H](CO)Cc1ccc(O)cc1)c1ccccc1. The van der Waals surface area contributed by atoms with Crippen LogP contribution in [0.1, 0.15) is 18.1 Å². The van der Waals surface area contributed by atoms with Crippen molar-refractivity contribution in [2.24, 2.45) is 0 Å². The van der Waals surface area contributed by atoms with Gasteiger partial charge in [-0.15, -0.1) is 0 Å². The molecule has 0 unspecified atom stereocenters. The summed E-state index contributed by atoms with van der Waals surface area (Å²) in [5.74, 6) is -0.0380. The molecule has 2 aromatic carbocycles. The molecule has 0 fully saturated rings. The minimum atomic E-state index is -0.369. The van der Waals surface area contributed by atoms with E-state index in [0.717, 1.165) is 16.7 Å². The highest BCUT2D eigenvalue weighted by atomic mass is 16.3. The van der Waals surface area contributed by atoms with Gasteiger partial charge in [-0.3, -0.25) is 4.79 Å². The third-order valence-corrected chi connectivity index (χ3v) is 3.56. The molecule has 2 rings (SSSR count). The maximum Gasteiger partial charge on any atom is 0.244 e. The molecule has 0 heterocycles. The van der Waals surface area contributed by atoms with Crippen LogP contribution in [0, 0.1) is 0 Å². The molecule has 120 valence electrons. The second kappa shape index (κ2) is 8.15. The summed E-state index contributed by atoms with van der Waals surface area (Å²) in [5.41, 5.74) is 2.79. The molecule has 0 spiro atoms. The zero-order chi connectivity index (χ0) is 16.7. The van der Waals surface area contributed by atoms with E-state index in [1.165, 1.54) is 6.08 Å². The summed E-state index contributed by atoms with van der Waals surface area (Å²) >= 11 is 0. The molecule has 0 aliphatic heterocycles. The van der Waals surface area contributed by atoms with Crippen LogP contribution in [0.2, 0.25) is 0 Å². The van der Waals surface area contributed by atoms with E-state index in [2.05, 4.69) is 5.32 Å². The number of phenolic OH excluding ortho intramolecular Hbond substituents is 1. The van der Waals surface area contributed by atoms with E-state index in [1.54, 1.807) is 24.3 Å². The first-order valence-electron chi connectivity index (χ1n) is 7.51. The van der Waals surface area contributed by atoms with Gasteiger partial charge in [0.15, 0.2) is 0 Å². The molecule has 0 bridgehead atoms. The van der Waals surface area contributed by atoms with Gasteiger partial charge in [0, 0.05) is 6.08 Å². The number of phenols is 1. The fraction of sp³-hybridized carbons (Fsp3) is 0.211. The van der Waals surface area contributed by atoms with Crippen molar-refractivity contribution in [1.82, 2.24) is 5.32 Å². The molecule has 4 nitrogen and oxygen atoms in total. The van der Waals surface area contributed by atoms with Crippen molar-refractivity contribution in [2.45, 2.75) is 19.4 Å². The zero-order valence-electron chi connectivity index (χ0n) is 13.1. The van der Waals surface area contributed by atoms with Gasteiger partial charge >= 0.3 is 0 Å². The Kier molecular flexibility index (Phi) is 5.94. The highest BCUT2D eigenvalue weighted by Crippen LogP contribution is 2.13. The number of nitrogens with one attached hydrogen (secondary N) is 1. The van der Waals surface area contributed by atoms with Gasteiger partial charge in [-0.1, -0.05) is 42.5 Å². The van der Waals surface area contributed by atoms with E-state index < -0.39 is 0 Å². The molecular formula is C19H21NO3. The number of rotatable bonds is 6. The highest BCUT2D eigenvalue weighted by Gasteiger charge is 2.11. The minimum absolute atomic E-state index is 0.148. The van der Waals surface area contributed by atoms with Crippen LogP contribution in [-0.2, 0) is 11.2 Å². The molecular weight excluding hydrogens is 290 g/mol. The van der Waals surface area contributed by atoms with Gasteiger partial charge in [-0.05, 0) is 42.2 Å². The molecule has 3 N–H and O–H groups in total. The van der Waals surface area contributed by atoms with Crippen LogP contribution in [0.3, 0.4) is 0 Å². The fourth-order valence-corrected chi connectivity index (χ4v) is 2.30. The van der Waals surface area contributed by atoms with Crippen LogP contribution in [0.25, 0.3) is 5.57 Å². The largest absolute Gasteiger partial charge is 0.508 e. The average molecular weight is 311 g/mol. The van der Waals surface area contributed by atoms with E-state index in [9.17, 15) is 15.0 Å². The summed E-state index contributed by atoms with van der Waals surface area (Å²) in [7, 11) is 0. The van der Waals surface area contributed by atoms with E-state index in [1.807, 2.05) is 37.3 Å². The van der Waals surface area contributed by atoms with Crippen molar-refractivity contribution in [3.8, 4) is 5.75 Å². The minimum Gasteiger partial charge on any atom is -0.508 e. The van der Waals surface area contributed by atoms with Crippen molar-refractivity contribution in [3.63, 3.8) is 0 Å². The second-order valence-corrected chi connectivity index (χ2v) is 5.45. The van der Waals surface area contributed by atoms with Crippen LogP contribution in [0.5, 0.6) is 5.75 Å². The molecule has 0 aliphatic carbocycles. The van der Waals surface area contributed by atoms with Crippen LogP contribution >= 0.6 is 0 Å². The second-order valence-electron chi connectivity index (χ2n) is 5.45. The Morgan fingerprint density at radius 2 is 1.78 bits per heavy atom. The van der Waals surface area contributed by atoms with Crippen LogP contribution in [-0.4, -0.2) is 28.8 Å². The van der Waals surface area contributed by atoms with Crippen molar-refractivity contribution in [3.05, 3.63) is 71.8 Å². The van der Waals surface area contributed by atoms with Crippen LogP contribution < -0.4 is 5.32 Å². The lowest BCUT2D eigenvalue weighted by molar-refractivity contribution is -0.117. The Hall–Kier alpha value is -2.59. The smallest absolute Gasteiger partial charge is 0.244 e. The first-order chi connectivity index (χ1) is 11.1. The topological polar surface area (TPSA) is 69.6 Å². The maximum absolute atomic E-state index is 12.1. The third kappa shape index (κ3) is 5.27. The van der Waals surface area contributed by atoms with Crippen molar-refractivity contribution in [2.75, 3.05) is 6.61 Å². The number of carbonyl (C=O) groups is 1. The summed E-state index contributed by atoms with van der Waals surface area (Å²) < 4.78 is 0. The van der Waals surface area contributed by atoms with E-state index in [-0.39, 0.29) is 24.3 Å². The molecule has 23 heavy (non-hydrogen) atoms. The van der Waals surface area contributed by atoms with Crippen molar-refractivity contribution in [1.29, 1.82) is 0 Å². The average Bonchev–Trinajstić information content (AvgIpc) is 2.57. The lowest BCUT2D eigenvalue weighted by atomic mass is 10.1. The van der Waals surface area contributed by atoms with Gasteiger partial charge in [-0.25, -0.2) is 0 Å². The molecule has 4 heteroatoms.